The molecule has 114 valence electrons. The predicted octanol–water partition coefficient (Wildman–Crippen LogP) is -0.414. The maximum atomic E-state index is 12.1. The van der Waals surface area contributed by atoms with Crippen molar-refractivity contribution in [1.29, 1.82) is 0 Å². The zero-order valence-electron chi connectivity index (χ0n) is 11.8. The van der Waals surface area contributed by atoms with Crippen molar-refractivity contribution in [2.24, 2.45) is 0 Å². The van der Waals surface area contributed by atoms with Gasteiger partial charge in [-0.25, -0.2) is 13.1 Å². The fraction of sp³-hybridized carbons (Fsp3) is 0.636. The van der Waals surface area contributed by atoms with Crippen LogP contribution < -0.4 is 4.72 Å². The van der Waals surface area contributed by atoms with E-state index in [1.165, 1.54) is 6.20 Å². The Kier molecular flexibility index (Phi) is 5.66. The number of sulfonamides is 1. The highest BCUT2D eigenvalue weighted by atomic mass is 32.2. The molecule has 8 nitrogen and oxygen atoms in total. The van der Waals surface area contributed by atoms with Crippen molar-refractivity contribution in [2.45, 2.75) is 30.8 Å². The number of carboxylic acids is 1. The molecule has 0 aliphatic heterocycles. The minimum atomic E-state index is -3.67. The molecular formula is C11H20N4O4S. The number of hydrogen-bond acceptors (Lipinski definition) is 5. The molecule has 0 aliphatic rings. The van der Waals surface area contributed by atoms with Crippen LogP contribution in [0.2, 0.25) is 0 Å². The van der Waals surface area contributed by atoms with Crippen LogP contribution in [-0.2, 0) is 21.4 Å². The van der Waals surface area contributed by atoms with E-state index in [1.54, 1.807) is 6.92 Å². The molecular weight excluding hydrogens is 284 g/mol. The minimum Gasteiger partial charge on any atom is -0.480 e. The second-order valence-corrected chi connectivity index (χ2v) is 6.60. The molecule has 1 aromatic rings. The first kappa shape index (κ1) is 16.6. The van der Waals surface area contributed by atoms with Crippen LogP contribution in [0.3, 0.4) is 0 Å². The molecule has 0 aliphatic carbocycles. The van der Waals surface area contributed by atoms with E-state index in [1.807, 2.05) is 19.0 Å². The van der Waals surface area contributed by atoms with Gasteiger partial charge in [-0.1, -0.05) is 0 Å². The average molecular weight is 304 g/mol. The van der Waals surface area contributed by atoms with Crippen LogP contribution in [0.25, 0.3) is 0 Å². The van der Waals surface area contributed by atoms with Gasteiger partial charge >= 0.3 is 5.97 Å². The summed E-state index contributed by atoms with van der Waals surface area (Å²) in [5.41, 5.74) is 0. The fourth-order valence-electron chi connectivity index (χ4n) is 1.55. The van der Waals surface area contributed by atoms with E-state index >= 15 is 0 Å². The summed E-state index contributed by atoms with van der Waals surface area (Å²) in [6.45, 7) is 2.18. The third-order valence-electron chi connectivity index (χ3n) is 2.58. The summed E-state index contributed by atoms with van der Waals surface area (Å²) in [6, 6.07) is -0.217. The van der Waals surface area contributed by atoms with Crippen LogP contribution in [0.1, 0.15) is 13.3 Å². The molecule has 20 heavy (non-hydrogen) atoms. The Hall–Kier alpha value is -1.45. The number of nitrogens with zero attached hydrogens (tertiary/aromatic N) is 3. The zero-order chi connectivity index (χ0) is 15.3. The first-order chi connectivity index (χ1) is 9.20. The molecule has 1 heterocycles. The van der Waals surface area contributed by atoms with Crippen molar-refractivity contribution in [1.82, 2.24) is 19.4 Å². The van der Waals surface area contributed by atoms with Crippen molar-refractivity contribution in [3.63, 3.8) is 0 Å². The molecule has 0 fully saturated rings. The Morgan fingerprint density at radius 3 is 2.75 bits per heavy atom. The van der Waals surface area contributed by atoms with Gasteiger partial charge in [0, 0.05) is 12.2 Å². The van der Waals surface area contributed by atoms with Crippen LogP contribution in [0.5, 0.6) is 0 Å². The summed E-state index contributed by atoms with van der Waals surface area (Å²) < 4.78 is 27.7. The van der Waals surface area contributed by atoms with Gasteiger partial charge in [-0.15, -0.1) is 0 Å². The largest absolute Gasteiger partial charge is 0.480 e. The van der Waals surface area contributed by atoms with Crippen molar-refractivity contribution >= 4 is 16.0 Å². The lowest BCUT2D eigenvalue weighted by atomic mass is 10.2. The molecule has 0 radical (unpaired) electrons. The smallest absolute Gasteiger partial charge is 0.325 e. The van der Waals surface area contributed by atoms with E-state index in [0.717, 1.165) is 17.4 Å². The molecule has 0 spiro atoms. The quantitative estimate of drug-likeness (QED) is 0.676. The van der Waals surface area contributed by atoms with Gasteiger partial charge in [0.2, 0.25) is 10.0 Å². The lowest BCUT2D eigenvalue weighted by Crippen LogP contribution is -2.34. The lowest BCUT2D eigenvalue weighted by molar-refractivity contribution is -0.137. The van der Waals surface area contributed by atoms with Crippen LogP contribution in [-0.4, -0.2) is 60.9 Å². The number of carbonyl (C=O) groups is 1. The van der Waals surface area contributed by atoms with E-state index < -0.39 is 16.0 Å². The molecule has 1 unspecified atom stereocenters. The summed E-state index contributed by atoms with van der Waals surface area (Å²) in [5, 5.41) is 12.3. The van der Waals surface area contributed by atoms with Crippen LogP contribution >= 0.6 is 0 Å². The predicted molar refractivity (Wildman–Crippen MR) is 72.8 cm³/mol. The SMILES string of the molecule is CC(CCN(C)C)NS(=O)(=O)c1cnn(CC(=O)O)c1. The minimum absolute atomic E-state index is 0.0320. The molecule has 0 amide bonds. The third-order valence-corrected chi connectivity index (χ3v) is 4.13. The van der Waals surface area contributed by atoms with Crippen molar-refractivity contribution in [2.75, 3.05) is 20.6 Å². The second kappa shape index (κ2) is 6.82. The molecule has 0 bridgehead atoms. The van der Waals surface area contributed by atoms with Crippen molar-refractivity contribution in [3.05, 3.63) is 12.4 Å². The monoisotopic (exact) mass is 304 g/mol. The zero-order valence-corrected chi connectivity index (χ0v) is 12.6. The maximum Gasteiger partial charge on any atom is 0.325 e. The summed E-state index contributed by atoms with van der Waals surface area (Å²) in [6.07, 6.45) is 3.02. The standard InChI is InChI=1S/C11H20N4O4S/c1-9(4-5-14(2)3)13-20(18,19)10-6-12-15(7-10)8-11(16)17/h6-7,9,13H,4-5,8H2,1-3H3,(H,16,17). The van der Waals surface area contributed by atoms with Gasteiger partial charge < -0.3 is 10.0 Å². The molecule has 1 aromatic heterocycles. The van der Waals surface area contributed by atoms with E-state index in [9.17, 15) is 13.2 Å². The van der Waals surface area contributed by atoms with Gasteiger partial charge in [0.1, 0.15) is 11.4 Å². The molecule has 9 heteroatoms. The summed E-state index contributed by atoms with van der Waals surface area (Å²) in [4.78, 5) is 12.5. The van der Waals surface area contributed by atoms with Crippen molar-refractivity contribution < 1.29 is 18.3 Å². The highest BCUT2D eigenvalue weighted by Gasteiger charge is 2.19. The molecule has 0 saturated carbocycles. The number of hydrogen-bond donors (Lipinski definition) is 2. The first-order valence-corrected chi connectivity index (χ1v) is 7.60. The highest BCUT2D eigenvalue weighted by molar-refractivity contribution is 7.89. The summed E-state index contributed by atoms with van der Waals surface area (Å²) >= 11 is 0. The topological polar surface area (TPSA) is 105 Å². The Labute approximate surface area is 118 Å². The van der Waals surface area contributed by atoms with Gasteiger partial charge in [-0.2, -0.15) is 5.10 Å². The van der Waals surface area contributed by atoms with Gasteiger partial charge in [-0.05, 0) is 34.0 Å². The first-order valence-electron chi connectivity index (χ1n) is 6.12. The van der Waals surface area contributed by atoms with Crippen LogP contribution in [0.4, 0.5) is 0 Å². The lowest BCUT2D eigenvalue weighted by Gasteiger charge is -2.16. The van der Waals surface area contributed by atoms with Crippen molar-refractivity contribution in [3.8, 4) is 0 Å². The van der Waals surface area contributed by atoms with Gasteiger partial charge in [0.25, 0.3) is 0 Å². The summed E-state index contributed by atoms with van der Waals surface area (Å²) in [5.74, 6) is -1.08. The Balaban J connectivity index is 2.68. The van der Waals surface area contributed by atoms with E-state index in [-0.39, 0.29) is 17.5 Å². The average Bonchev–Trinajstić information content (AvgIpc) is 2.74. The molecule has 0 aromatic carbocycles. The molecule has 1 rings (SSSR count). The number of aromatic nitrogens is 2. The Morgan fingerprint density at radius 2 is 2.20 bits per heavy atom. The number of rotatable bonds is 8. The molecule has 1 atom stereocenters. The van der Waals surface area contributed by atoms with E-state index in [2.05, 4.69) is 9.82 Å². The second-order valence-electron chi connectivity index (χ2n) is 4.88. The van der Waals surface area contributed by atoms with E-state index in [0.29, 0.717) is 6.42 Å². The number of nitrogens with one attached hydrogen (secondary N) is 1. The van der Waals surface area contributed by atoms with Gasteiger partial charge in [0.15, 0.2) is 0 Å². The summed E-state index contributed by atoms with van der Waals surface area (Å²) in [7, 11) is 0.161. The molecule has 0 saturated heterocycles. The third kappa shape index (κ3) is 5.27. The van der Waals surface area contributed by atoms with Gasteiger partial charge in [0.05, 0.1) is 6.20 Å². The molecule has 2 N–H and O–H groups in total. The normalized spacial score (nSPS) is 13.6. The van der Waals surface area contributed by atoms with Gasteiger partial charge in [-0.3, -0.25) is 9.48 Å². The fourth-order valence-corrected chi connectivity index (χ4v) is 2.78. The van der Waals surface area contributed by atoms with Crippen LogP contribution in [0.15, 0.2) is 17.3 Å². The Bertz CT molecular complexity index is 553. The highest BCUT2D eigenvalue weighted by Crippen LogP contribution is 2.08. The number of aliphatic carboxylic acids is 1. The van der Waals surface area contributed by atoms with E-state index in [4.69, 9.17) is 5.11 Å². The number of carboxylic acid groups (broad SMARTS) is 1. The van der Waals surface area contributed by atoms with Crippen LogP contribution in [0, 0.1) is 0 Å². The maximum absolute atomic E-state index is 12.1. The Morgan fingerprint density at radius 1 is 1.55 bits per heavy atom.